The van der Waals surface area contributed by atoms with Gasteiger partial charge in [0.1, 0.15) is 11.2 Å². The quantitative estimate of drug-likeness (QED) is 0.160. The normalized spacial score (nSPS) is 11.6. The molecule has 0 saturated carbocycles. The van der Waals surface area contributed by atoms with Crippen LogP contribution in [-0.2, 0) is 0 Å². The molecule has 10 aromatic carbocycles. The fraction of sp³-hybridized carbons (Fsp3) is 0. The van der Waals surface area contributed by atoms with Crippen molar-refractivity contribution in [3.05, 3.63) is 224 Å². The summed E-state index contributed by atoms with van der Waals surface area (Å²) in [5, 5.41) is 7.17. The van der Waals surface area contributed by atoms with E-state index in [1.54, 1.807) is 0 Å². The van der Waals surface area contributed by atoms with Gasteiger partial charge >= 0.3 is 0 Å². The summed E-state index contributed by atoms with van der Waals surface area (Å²) in [6.45, 7) is 0. The Bertz CT molecular complexity index is 3570. The van der Waals surface area contributed by atoms with E-state index in [-0.39, 0.29) is 0 Å². The summed E-state index contributed by atoms with van der Waals surface area (Å²) in [4.78, 5) is 2.32. The Balaban J connectivity index is 0.915. The second-order valence-corrected chi connectivity index (χ2v) is 16.7. The number of fused-ring (bicyclic) bond motifs is 8. The Hall–Kier alpha value is -7.72. The number of para-hydroxylation sites is 2. The molecule has 0 aliphatic heterocycles. The van der Waals surface area contributed by atoms with Crippen molar-refractivity contribution in [3.63, 3.8) is 0 Å². The van der Waals surface area contributed by atoms with Crippen molar-refractivity contribution in [2.45, 2.75) is 0 Å². The van der Waals surface area contributed by atoms with E-state index in [9.17, 15) is 0 Å². The van der Waals surface area contributed by atoms with Gasteiger partial charge in [0, 0.05) is 59.0 Å². The van der Waals surface area contributed by atoms with E-state index in [4.69, 9.17) is 4.42 Å². The molecule has 0 unspecified atom stereocenters. The molecule has 2 aromatic heterocycles. The van der Waals surface area contributed by atoms with E-state index in [0.29, 0.717) is 0 Å². The monoisotopic (exact) mass is 795 g/mol. The van der Waals surface area contributed by atoms with Crippen LogP contribution in [0.1, 0.15) is 0 Å². The van der Waals surface area contributed by atoms with Crippen LogP contribution in [-0.4, -0.2) is 0 Å². The van der Waals surface area contributed by atoms with Crippen LogP contribution in [0.25, 0.3) is 97.4 Å². The van der Waals surface area contributed by atoms with Crippen LogP contribution in [0.3, 0.4) is 0 Å². The molecular formula is C58H37NOS. The maximum atomic E-state index is 6.93. The highest BCUT2D eigenvalue weighted by atomic mass is 32.1. The summed E-state index contributed by atoms with van der Waals surface area (Å²) in [5.41, 5.74) is 14.5. The smallest absolute Gasteiger partial charge is 0.143 e. The molecule has 0 spiro atoms. The average molecular weight is 796 g/mol. The first kappa shape index (κ1) is 35.2. The van der Waals surface area contributed by atoms with E-state index in [0.717, 1.165) is 55.5 Å². The molecule has 61 heavy (non-hydrogen) atoms. The van der Waals surface area contributed by atoms with Crippen LogP contribution in [0.2, 0.25) is 0 Å². The van der Waals surface area contributed by atoms with Gasteiger partial charge in [0.2, 0.25) is 0 Å². The Morgan fingerprint density at radius 2 is 0.803 bits per heavy atom. The van der Waals surface area contributed by atoms with Crippen LogP contribution in [0.4, 0.5) is 17.1 Å². The molecule has 12 rings (SSSR count). The number of hydrogen-bond acceptors (Lipinski definition) is 3. The first-order chi connectivity index (χ1) is 30.2. The molecule has 0 radical (unpaired) electrons. The Kier molecular flexibility index (Phi) is 8.39. The van der Waals surface area contributed by atoms with Crippen LogP contribution < -0.4 is 4.90 Å². The molecule has 0 fully saturated rings. The van der Waals surface area contributed by atoms with Gasteiger partial charge < -0.3 is 9.32 Å². The van der Waals surface area contributed by atoms with Crippen LogP contribution in [0, 0.1) is 0 Å². The van der Waals surface area contributed by atoms with Gasteiger partial charge in [-0.15, -0.1) is 11.3 Å². The van der Waals surface area contributed by atoms with Gasteiger partial charge in [0.15, 0.2) is 0 Å². The van der Waals surface area contributed by atoms with Gasteiger partial charge in [-0.3, -0.25) is 0 Å². The molecule has 2 nitrogen and oxygen atoms in total. The third-order valence-electron chi connectivity index (χ3n) is 12.1. The SMILES string of the molecule is c1ccc(-c2cccc(-c3cc4c5cccc(-c6ccc(N(c7ccccc7)c7ccc(-c8ccc9c(c8)sc8ccccc89)cc7)cc6)c5oc4c4ccccc34)c2)cc1. The molecule has 0 saturated heterocycles. The fourth-order valence-corrected chi connectivity index (χ4v) is 10.3. The molecule has 0 amide bonds. The van der Waals surface area contributed by atoms with Gasteiger partial charge in [-0.2, -0.15) is 0 Å². The summed E-state index contributed by atoms with van der Waals surface area (Å²) in [6, 6.07) is 80.9. The van der Waals surface area contributed by atoms with Crippen molar-refractivity contribution in [2.75, 3.05) is 4.90 Å². The Morgan fingerprint density at radius 3 is 1.59 bits per heavy atom. The predicted octanol–water partition coefficient (Wildman–Crippen LogP) is 17.2. The van der Waals surface area contributed by atoms with E-state index >= 15 is 0 Å². The molecule has 2 heterocycles. The van der Waals surface area contributed by atoms with Gasteiger partial charge in [-0.1, -0.05) is 164 Å². The summed E-state index contributed by atoms with van der Waals surface area (Å²) < 4.78 is 9.57. The lowest BCUT2D eigenvalue weighted by Gasteiger charge is -2.26. The highest BCUT2D eigenvalue weighted by Gasteiger charge is 2.19. The maximum Gasteiger partial charge on any atom is 0.143 e. The number of furan rings is 1. The number of rotatable bonds is 7. The lowest BCUT2D eigenvalue weighted by molar-refractivity contribution is 0.674. The molecular weight excluding hydrogens is 759 g/mol. The zero-order chi connectivity index (χ0) is 40.3. The van der Waals surface area contributed by atoms with Crippen molar-refractivity contribution in [1.29, 1.82) is 0 Å². The van der Waals surface area contributed by atoms with E-state index < -0.39 is 0 Å². The summed E-state index contributed by atoms with van der Waals surface area (Å²) in [6.07, 6.45) is 0. The fourth-order valence-electron chi connectivity index (χ4n) is 9.11. The molecule has 0 atom stereocenters. The zero-order valence-electron chi connectivity index (χ0n) is 33.1. The first-order valence-corrected chi connectivity index (χ1v) is 21.6. The minimum absolute atomic E-state index is 0.898. The molecule has 12 aromatic rings. The molecule has 286 valence electrons. The highest BCUT2D eigenvalue weighted by molar-refractivity contribution is 7.25. The Labute approximate surface area is 357 Å². The minimum Gasteiger partial charge on any atom is -0.455 e. The standard InChI is InChI=1S/C58H37NOS/c1-3-13-38(14-4-1)41-15-11-16-43(35-41)53-37-54-52-23-12-22-47(57(52)60-58(54)51-21-8-7-19-48(51)53)40-27-32-46(33-28-40)59(44-17-5-2-6-18-44)45-30-25-39(26-31-45)42-29-34-50-49-20-9-10-24-55(49)61-56(50)36-42/h1-37H. The number of anilines is 3. The van der Waals surface area contributed by atoms with Gasteiger partial charge in [-0.05, 0) is 105 Å². The third-order valence-corrected chi connectivity index (χ3v) is 13.2. The van der Waals surface area contributed by atoms with E-state index in [2.05, 4.69) is 229 Å². The lowest BCUT2D eigenvalue weighted by atomic mass is 9.93. The molecule has 0 aliphatic rings. The summed E-state index contributed by atoms with van der Waals surface area (Å²) in [7, 11) is 0. The third kappa shape index (κ3) is 6.09. The van der Waals surface area contributed by atoms with Gasteiger partial charge in [-0.25, -0.2) is 0 Å². The number of benzene rings is 10. The average Bonchev–Trinajstić information content (AvgIpc) is 3.91. The second-order valence-electron chi connectivity index (χ2n) is 15.7. The van der Waals surface area contributed by atoms with Gasteiger partial charge in [0.25, 0.3) is 0 Å². The highest BCUT2D eigenvalue weighted by Crippen LogP contribution is 2.44. The molecule has 0 N–H and O–H groups in total. The van der Waals surface area contributed by atoms with Crippen molar-refractivity contribution in [3.8, 4) is 44.5 Å². The van der Waals surface area contributed by atoms with Crippen molar-refractivity contribution in [2.24, 2.45) is 0 Å². The van der Waals surface area contributed by atoms with Crippen LogP contribution in [0.15, 0.2) is 229 Å². The van der Waals surface area contributed by atoms with Crippen molar-refractivity contribution >= 4 is 81.3 Å². The molecule has 0 bridgehead atoms. The predicted molar refractivity (Wildman–Crippen MR) is 261 cm³/mol. The summed E-state index contributed by atoms with van der Waals surface area (Å²) >= 11 is 1.86. The minimum atomic E-state index is 0.898. The molecule has 3 heteroatoms. The van der Waals surface area contributed by atoms with Crippen LogP contribution in [0.5, 0.6) is 0 Å². The van der Waals surface area contributed by atoms with Crippen molar-refractivity contribution in [1.82, 2.24) is 0 Å². The van der Waals surface area contributed by atoms with Crippen molar-refractivity contribution < 1.29 is 4.42 Å². The lowest BCUT2D eigenvalue weighted by Crippen LogP contribution is -2.09. The largest absolute Gasteiger partial charge is 0.455 e. The van der Waals surface area contributed by atoms with Crippen LogP contribution >= 0.6 is 11.3 Å². The topological polar surface area (TPSA) is 16.4 Å². The Morgan fingerprint density at radius 1 is 0.279 bits per heavy atom. The number of thiophene rings is 1. The maximum absolute atomic E-state index is 6.93. The second kappa shape index (κ2) is 14.5. The number of nitrogens with zero attached hydrogens (tertiary/aromatic N) is 1. The van der Waals surface area contributed by atoms with E-state index in [1.165, 1.54) is 58.9 Å². The van der Waals surface area contributed by atoms with Gasteiger partial charge in [0.05, 0.1) is 0 Å². The first-order valence-electron chi connectivity index (χ1n) is 20.7. The zero-order valence-corrected chi connectivity index (χ0v) is 33.9. The summed E-state index contributed by atoms with van der Waals surface area (Å²) in [5.74, 6) is 0. The van der Waals surface area contributed by atoms with E-state index in [1.807, 2.05) is 11.3 Å². The molecule has 0 aliphatic carbocycles. The number of hydrogen-bond donors (Lipinski definition) is 0.